The van der Waals surface area contributed by atoms with E-state index < -0.39 is 21.8 Å². The fourth-order valence-electron chi connectivity index (χ4n) is 2.83. The summed E-state index contributed by atoms with van der Waals surface area (Å²) in [6.07, 6.45) is 0.281. The second-order valence-electron chi connectivity index (χ2n) is 6.71. The molecule has 2 aromatic rings. The highest BCUT2D eigenvalue weighted by molar-refractivity contribution is 7.92. The van der Waals surface area contributed by atoms with Crippen molar-refractivity contribution in [2.24, 2.45) is 5.10 Å². The molecule has 0 unspecified atom stereocenters. The number of nitrogens with zero attached hydrogens (tertiary/aromatic N) is 2. The van der Waals surface area contributed by atoms with Gasteiger partial charge in [0.25, 0.3) is 21.8 Å². The van der Waals surface area contributed by atoms with E-state index in [-0.39, 0.29) is 40.6 Å². The lowest BCUT2D eigenvalue weighted by Gasteiger charge is -2.19. The summed E-state index contributed by atoms with van der Waals surface area (Å²) in [7, 11) is -1.17. The number of hydrogen-bond donors (Lipinski definition) is 3. The van der Waals surface area contributed by atoms with Gasteiger partial charge in [-0.05, 0) is 30.3 Å². The second kappa shape index (κ2) is 9.47. The first kappa shape index (κ1) is 22.7. The molecule has 168 valence electrons. The summed E-state index contributed by atoms with van der Waals surface area (Å²) in [5, 5.41) is 4.91. The molecule has 0 bridgehead atoms. The third-order valence-corrected chi connectivity index (χ3v) is 5.88. The molecule has 12 heteroatoms. The normalized spacial score (nSPS) is 13.8. The number of amides is 3. The van der Waals surface area contributed by atoms with E-state index in [1.54, 1.807) is 24.3 Å². The number of para-hydroxylation sites is 2. The predicted octanol–water partition coefficient (Wildman–Crippen LogP) is 0.865. The minimum atomic E-state index is -4.02. The van der Waals surface area contributed by atoms with Gasteiger partial charge in [-0.25, -0.2) is 13.4 Å². The van der Waals surface area contributed by atoms with Crippen LogP contribution in [0.5, 0.6) is 5.75 Å². The van der Waals surface area contributed by atoms with Crippen LogP contribution < -0.4 is 20.3 Å². The zero-order valence-electron chi connectivity index (χ0n) is 17.3. The van der Waals surface area contributed by atoms with Gasteiger partial charge in [0, 0.05) is 25.5 Å². The van der Waals surface area contributed by atoms with Crippen LogP contribution in [-0.2, 0) is 19.6 Å². The Labute approximate surface area is 184 Å². The van der Waals surface area contributed by atoms with Crippen molar-refractivity contribution in [3.63, 3.8) is 0 Å². The molecule has 2 aromatic carbocycles. The quantitative estimate of drug-likeness (QED) is 0.546. The van der Waals surface area contributed by atoms with E-state index in [0.29, 0.717) is 5.75 Å². The Hall–Kier alpha value is -3.93. The Balaban J connectivity index is 1.70. The molecule has 0 aliphatic carbocycles. The molecule has 0 radical (unpaired) electrons. The third kappa shape index (κ3) is 5.21. The Kier molecular flexibility index (Phi) is 6.73. The van der Waals surface area contributed by atoms with Crippen LogP contribution in [-0.4, -0.2) is 51.0 Å². The SMILES string of the molecule is COc1ccccc1NS(=O)(=O)c1cccc(C(=O)NNC(=O)C2=NN(C)C(=O)CC2)c1. The molecule has 32 heavy (non-hydrogen) atoms. The molecule has 0 saturated heterocycles. The van der Waals surface area contributed by atoms with Crippen molar-refractivity contribution >= 4 is 39.1 Å². The lowest BCUT2D eigenvalue weighted by molar-refractivity contribution is -0.130. The molecule has 1 aliphatic heterocycles. The van der Waals surface area contributed by atoms with Gasteiger partial charge in [0.15, 0.2) is 0 Å². The molecular formula is C20H21N5O6S. The Bertz CT molecular complexity index is 1190. The number of ether oxygens (including phenoxy) is 1. The number of hydrogen-bond acceptors (Lipinski definition) is 7. The van der Waals surface area contributed by atoms with Crippen molar-refractivity contribution < 1.29 is 27.5 Å². The predicted molar refractivity (Wildman–Crippen MR) is 115 cm³/mol. The number of hydrazine groups is 1. The Morgan fingerprint density at radius 3 is 2.47 bits per heavy atom. The number of anilines is 1. The number of benzene rings is 2. The Morgan fingerprint density at radius 2 is 1.75 bits per heavy atom. The van der Waals surface area contributed by atoms with Crippen LogP contribution in [0.2, 0.25) is 0 Å². The average molecular weight is 459 g/mol. The van der Waals surface area contributed by atoms with Crippen molar-refractivity contribution in [1.29, 1.82) is 0 Å². The zero-order valence-corrected chi connectivity index (χ0v) is 18.1. The molecule has 1 aliphatic rings. The third-order valence-electron chi connectivity index (χ3n) is 4.52. The number of rotatable bonds is 6. The van der Waals surface area contributed by atoms with Gasteiger partial charge in [0.1, 0.15) is 11.5 Å². The monoisotopic (exact) mass is 459 g/mol. The molecular weight excluding hydrogens is 438 g/mol. The van der Waals surface area contributed by atoms with Gasteiger partial charge in [0.05, 0.1) is 17.7 Å². The smallest absolute Gasteiger partial charge is 0.285 e. The van der Waals surface area contributed by atoms with Crippen LogP contribution in [0.15, 0.2) is 58.5 Å². The standard InChI is InChI=1S/C20H21N5O6S/c1-25-18(26)11-10-16(23-25)20(28)22-21-19(27)13-6-5-7-14(12-13)32(29,30)24-15-8-3-4-9-17(15)31-2/h3-9,12,24H,10-11H2,1-2H3,(H,21,27)(H,22,28). The van der Waals surface area contributed by atoms with Crippen LogP contribution in [0.25, 0.3) is 0 Å². The van der Waals surface area contributed by atoms with Crippen LogP contribution in [0, 0.1) is 0 Å². The van der Waals surface area contributed by atoms with Crippen LogP contribution in [0.4, 0.5) is 5.69 Å². The summed E-state index contributed by atoms with van der Waals surface area (Å²) in [5.74, 6) is -1.27. The minimum absolute atomic E-state index is 0.00563. The molecule has 3 amide bonds. The molecule has 0 atom stereocenters. The minimum Gasteiger partial charge on any atom is -0.495 e. The maximum absolute atomic E-state index is 12.8. The summed E-state index contributed by atoms with van der Waals surface area (Å²) in [4.78, 5) is 35.9. The van der Waals surface area contributed by atoms with Crippen molar-refractivity contribution in [2.45, 2.75) is 17.7 Å². The highest BCUT2D eigenvalue weighted by atomic mass is 32.2. The summed E-state index contributed by atoms with van der Waals surface area (Å²) < 4.78 is 33.1. The summed E-state index contributed by atoms with van der Waals surface area (Å²) in [6.45, 7) is 0. The van der Waals surface area contributed by atoms with Gasteiger partial charge < -0.3 is 4.74 Å². The molecule has 0 fully saturated rings. The summed E-state index contributed by atoms with van der Waals surface area (Å²) >= 11 is 0. The van der Waals surface area contributed by atoms with Gasteiger partial charge >= 0.3 is 0 Å². The van der Waals surface area contributed by atoms with E-state index in [1.807, 2.05) is 0 Å². The van der Waals surface area contributed by atoms with Crippen molar-refractivity contribution in [3.05, 3.63) is 54.1 Å². The van der Waals surface area contributed by atoms with E-state index in [4.69, 9.17) is 4.74 Å². The van der Waals surface area contributed by atoms with E-state index >= 15 is 0 Å². The molecule has 0 saturated carbocycles. The number of carbonyl (C=O) groups is 3. The molecule has 1 heterocycles. The van der Waals surface area contributed by atoms with Crippen LogP contribution >= 0.6 is 0 Å². The van der Waals surface area contributed by atoms with Crippen molar-refractivity contribution in [1.82, 2.24) is 15.9 Å². The lowest BCUT2D eigenvalue weighted by atomic mass is 10.1. The van der Waals surface area contributed by atoms with E-state index in [9.17, 15) is 22.8 Å². The molecule has 11 nitrogen and oxygen atoms in total. The highest BCUT2D eigenvalue weighted by Crippen LogP contribution is 2.26. The summed E-state index contributed by atoms with van der Waals surface area (Å²) in [5.41, 5.74) is 4.76. The van der Waals surface area contributed by atoms with Gasteiger partial charge in [-0.15, -0.1) is 0 Å². The Morgan fingerprint density at radius 1 is 1.03 bits per heavy atom. The van der Waals surface area contributed by atoms with Crippen molar-refractivity contribution in [3.8, 4) is 5.75 Å². The number of methoxy groups -OCH3 is 1. The topological polar surface area (TPSA) is 146 Å². The van der Waals surface area contributed by atoms with Crippen molar-refractivity contribution in [2.75, 3.05) is 18.9 Å². The van der Waals surface area contributed by atoms with Gasteiger partial charge in [-0.2, -0.15) is 5.10 Å². The van der Waals surface area contributed by atoms with E-state index in [0.717, 1.165) is 5.01 Å². The first-order chi connectivity index (χ1) is 15.2. The number of nitrogens with one attached hydrogen (secondary N) is 3. The second-order valence-corrected chi connectivity index (χ2v) is 8.39. The first-order valence-corrected chi connectivity index (χ1v) is 10.9. The number of hydrazone groups is 1. The molecule has 0 spiro atoms. The fourth-order valence-corrected chi connectivity index (χ4v) is 3.94. The maximum Gasteiger partial charge on any atom is 0.285 e. The largest absolute Gasteiger partial charge is 0.495 e. The zero-order chi connectivity index (χ0) is 23.3. The number of sulfonamides is 1. The molecule has 0 aromatic heterocycles. The molecule has 3 rings (SSSR count). The van der Waals surface area contributed by atoms with Crippen LogP contribution in [0.3, 0.4) is 0 Å². The van der Waals surface area contributed by atoms with Gasteiger partial charge in [-0.3, -0.25) is 30.0 Å². The maximum atomic E-state index is 12.8. The molecule has 3 N–H and O–H groups in total. The average Bonchev–Trinajstić information content (AvgIpc) is 2.79. The number of carbonyl (C=O) groups excluding carboxylic acids is 3. The van der Waals surface area contributed by atoms with Gasteiger partial charge in [0.2, 0.25) is 5.91 Å². The van der Waals surface area contributed by atoms with Crippen LogP contribution in [0.1, 0.15) is 23.2 Å². The van der Waals surface area contributed by atoms with E-state index in [2.05, 4.69) is 20.7 Å². The first-order valence-electron chi connectivity index (χ1n) is 9.42. The fraction of sp³-hybridized carbons (Fsp3) is 0.200. The highest BCUT2D eigenvalue weighted by Gasteiger charge is 2.23. The van der Waals surface area contributed by atoms with E-state index in [1.165, 1.54) is 38.4 Å². The van der Waals surface area contributed by atoms with Gasteiger partial charge in [-0.1, -0.05) is 18.2 Å². The lowest BCUT2D eigenvalue weighted by Crippen LogP contribution is -2.46. The summed E-state index contributed by atoms with van der Waals surface area (Å²) in [6, 6.07) is 11.8.